The van der Waals surface area contributed by atoms with Gasteiger partial charge in [0.15, 0.2) is 25.0 Å². The first kappa shape index (κ1) is 68.9. The Morgan fingerprint density at radius 1 is 0.644 bits per heavy atom. The zero-order valence-corrected chi connectivity index (χ0v) is 51.8. The lowest BCUT2D eigenvalue weighted by atomic mass is 9.33. The van der Waals surface area contributed by atoms with Crippen molar-refractivity contribution in [2.45, 2.75) is 287 Å². The zero-order valence-electron chi connectivity index (χ0n) is 51.8. The van der Waals surface area contributed by atoms with Gasteiger partial charge in [0.1, 0.15) is 78.8 Å². The second-order valence-corrected chi connectivity index (χ2v) is 29.0. The van der Waals surface area contributed by atoms with Gasteiger partial charge in [0.05, 0.1) is 49.6 Å². The molecule has 28 atom stereocenters. The molecule has 24 nitrogen and oxygen atoms in total. The summed E-state index contributed by atoms with van der Waals surface area (Å²) in [5, 5.41) is 134. The van der Waals surface area contributed by atoms with Gasteiger partial charge in [-0.15, -0.1) is 0 Å². The van der Waals surface area contributed by atoms with E-state index in [1.807, 2.05) is 6.92 Å². The van der Waals surface area contributed by atoms with Crippen LogP contribution < -0.4 is 5.32 Å². The van der Waals surface area contributed by atoms with E-state index in [4.69, 9.17) is 37.9 Å². The zero-order chi connectivity index (χ0) is 63.3. The lowest BCUT2D eigenvalue weighted by Gasteiger charge is -2.71. The number of rotatable bonds is 22. The van der Waals surface area contributed by atoms with Crippen molar-refractivity contribution >= 4 is 18.2 Å². The molecule has 498 valence electrons. The van der Waals surface area contributed by atoms with Crippen LogP contribution >= 0.6 is 0 Å². The first-order valence-electron chi connectivity index (χ1n) is 32.3. The predicted molar refractivity (Wildman–Crippen MR) is 306 cm³/mol. The molecule has 5 aliphatic carbocycles. The Bertz CT molecular complexity index is 2390. The van der Waals surface area contributed by atoms with E-state index in [0.717, 1.165) is 56.8 Å². The molecule has 0 radical (unpaired) electrons. The largest absolute Gasteiger partial charge is 0.432 e. The van der Waals surface area contributed by atoms with Gasteiger partial charge in [-0.1, -0.05) is 91.7 Å². The van der Waals surface area contributed by atoms with Gasteiger partial charge in [-0.25, -0.2) is 0 Å². The molecule has 24 heteroatoms. The number of ether oxygens (including phenoxy) is 8. The summed E-state index contributed by atoms with van der Waals surface area (Å²) in [7, 11) is 0. The molecule has 0 aromatic carbocycles. The molecule has 14 unspecified atom stereocenters. The standard InChI is InChI=1S/C63H103NO23/c1-32-51(85-54-48(76)44(72)35(68)30-81-54)47(75)50(78)55(82-32)86-52-46(74)43(64-42(71)16-14-12-10-8-9-11-13-15-25-80-53-49(77)45(73)37(29-66)84-53)36(28-65)83-56(52)87-57(79)63-24-23-58(2,3)26-34(63)33-17-18-39-59(4)21-20-40(69)60(5,31-67)38(59)19-22-61(39,6)62(33,7)27-41(63)70/h17,31-32,34-41,43-56,65-66,68-70,72-78H,8-16,18-30H2,1-7H3,(H,64,71)/t32?,34?,35-,36?,37+,38-,39?,40+,41?,43+,44?,45?,46?,47?,48?,49?,50?,51+,52?,53-,54+,55+,56+,59?,60-,61+,62-,63-/m1/s1. The molecule has 1 amide bonds. The number of carbonyl (C=O) groups excluding carboxylic acids is 3. The van der Waals surface area contributed by atoms with Crippen LogP contribution in [0.15, 0.2) is 11.6 Å². The van der Waals surface area contributed by atoms with Crippen LogP contribution in [0.2, 0.25) is 0 Å². The number of esters is 1. The highest BCUT2D eigenvalue weighted by Crippen LogP contribution is 2.76. The van der Waals surface area contributed by atoms with Crippen molar-refractivity contribution in [3.63, 3.8) is 0 Å². The van der Waals surface area contributed by atoms with Crippen LogP contribution in [0.1, 0.15) is 164 Å². The molecule has 4 saturated carbocycles. The van der Waals surface area contributed by atoms with Gasteiger partial charge in [0.25, 0.3) is 0 Å². The normalized spacial score (nSPS) is 48.6. The second-order valence-electron chi connectivity index (χ2n) is 29.0. The minimum Gasteiger partial charge on any atom is -0.432 e. The summed E-state index contributed by atoms with van der Waals surface area (Å²) < 4.78 is 47.5. The third kappa shape index (κ3) is 12.8. The molecular formula is C63H103NO23. The SMILES string of the molecule is CC1O[C@@H](OC2C(O)[C@@H](NC(=O)CCCCCCCCCCO[C@@H]3O[C@@H](CO)C(O)C3O)C(CO)O[C@H]2OC(=O)[C@]23CCC(C)(C)CC2C2=CCC4C5(C)CC[C@H](O)[C@](C)(C=O)[C@@H]5CC[C@]4(C)[C@]2(C)CC3O)C(O)C(O)[C@H]1O[C@@H]1OC[C@@H](O)C(O)C1O. The lowest BCUT2D eigenvalue weighted by molar-refractivity contribution is -0.370. The molecule has 4 heterocycles. The molecule has 8 fully saturated rings. The monoisotopic (exact) mass is 1240 g/mol. The number of aliphatic hydroxyl groups excluding tert-OH is 12. The van der Waals surface area contributed by atoms with E-state index in [1.54, 1.807) is 0 Å². The van der Waals surface area contributed by atoms with Gasteiger partial charge in [-0.05, 0) is 117 Å². The Kier molecular flexibility index (Phi) is 21.6. The fraction of sp³-hybridized carbons (Fsp3) is 0.921. The Balaban J connectivity index is 0.901. The average Bonchev–Trinajstić information content (AvgIpc) is 0.957. The number of allylic oxidation sites excluding steroid dienone is 2. The molecule has 87 heavy (non-hydrogen) atoms. The first-order chi connectivity index (χ1) is 41.1. The fourth-order valence-corrected chi connectivity index (χ4v) is 17.7. The van der Waals surface area contributed by atoms with Gasteiger partial charge >= 0.3 is 5.97 Å². The summed E-state index contributed by atoms with van der Waals surface area (Å²) in [6, 6.07) is -1.38. The molecule has 0 spiro atoms. The van der Waals surface area contributed by atoms with Crippen molar-refractivity contribution in [1.82, 2.24) is 5.32 Å². The van der Waals surface area contributed by atoms with E-state index in [9.17, 15) is 70.9 Å². The summed E-state index contributed by atoms with van der Waals surface area (Å²) in [5.74, 6) is -1.80. The molecule has 0 aromatic rings. The number of nitrogens with one attached hydrogen (secondary N) is 1. The molecule has 4 saturated heterocycles. The fourth-order valence-electron chi connectivity index (χ4n) is 17.7. The maximum atomic E-state index is 15.7. The third-order valence-corrected chi connectivity index (χ3v) is 23.3. The van der Waals surface area contributed by atoms with Crippen molar-refractivity contribution < 1.29 is 114 Å². The predicted octanol–water partition coefficient (Wildman–Crippen LogP) is 1.05. The average molecular weight is 1240 g/mol. The van der Waals surface area contributed by atoms with Crippen LogP contribution in [-0.2, 0) is 52.3 Å². The van der Waals surface area contributed by atoms with Gasteiger partial charge < -0.3 is 109 Å². The van der Waals surface area contributed by atoms with Crippen molar-refractivity contribution in [3.8, 4) is 0 Å². The Morgan fingerprint density at radius 3 is 1.94 bits per heavy atom. The highest BCUT2D eigenvalue weighted by Gasteiger charge is 2.72. The second kappa shape index (κ2) is 27.3. The Morgan fingerprint density at radius 2 is 1.28 bits per heavy atom. The lowest BCUT2D eigenvalue weighted by Crippen LogP contribution is -2.69. The van der Waals surface area contributed by atoms with E-state index >= 15 is 4.79 Å². The minimum absolute atomic E-state index is 0.0439. The number of hydrogen-bond acceptors (Lipinski definition) is 23. The summed E-state index contributed by atoms with van der Waals surface area (Å²) >= 11 is 0. The number of fused-ring (bicyclic) bond motifs is 7. The van der Waals surface area contributed by atoms with Crippen LogP contribution in [0.5, 0.6) is 0 Å². The van der Waals surface area contributed by atoms with E-state index in [0.29, 0.717) is 58.0 Å². The molecule has 9 aliphatic rings. The number of carbonyl (C=O) groups is 3. The molecule has 9 rings (SSSR count). The number of amides is 1. The highest BCUT2D eigenvalue weighted by molar-refractivity contribution is 5.80. The Labute approximate surface area is 510 Å². The molecule has 0 bridgehead atoms. The van der Waals surface area contributed by atoms with E-state index < -0.39 is 177 Å². The van der Waals surface area contributed by atoms with Crippen molar-refractivity contribution in [3.05, 3.63) is 11.6 Å². The number of aliphatic hydroxyl groups is 12. The molecule has 0 aromatic heterocycles. The van der Waals surface area contributed by atoms with Gasteiger partial charge in [-0.3, -0.25) is 9.59 Å². The maximum Gasteiger partial charge on any atom is 0.317 e. The van der Waals surface area contributed by atoms with Gasteiger partial charge in [0, 0.05) is 13.0 Å². The summed E-state index contributed by atoms with van der Waals surface area (Å²) in [6.07, 6.45) is -13.2. The molecule has 4 aliphatic heterocycles. The number of aldehydes is 1. The first-order valence-corrected chi connectivity index (χ1v) is 32.3. The summed E-state index contributed by atoms with van der Waals surface area (Å²) in [4.78, 5) is 42.3. The quantitative estimate of drug-likeness (QED) is 0.0312. The van der Waals surface area contributed by atoms with Gasteiger partial charge in [-0.2, -0.15) is 0 Å². The maximum absolute atomic E-state index is 15.7. The van der Waals surface area contributed by atoms with Crippen molar-refractivity contribution in [2.24, 2.45) is 50.2 Å². The Hall–Kier alpha value is -2.41. The molecule has 13 N–H and O–H groups in total. The molecular weight excluding hydrogens is 1140 g/mol. The smallest absolute Gasteiger partial charge is 0.317 e. The van der Waals surface area contributed by atoms with Crippen LogP contribution in [-0.4, -0.2) is 229 Å². The van der Waals surface area contributed by atoms with Crippen LogP contribution in [0.3, 0.4) is 0 Å². The van der Waals surface area contributed by atoms with Crippen LogP contribution in [0, 0.1) is 50.2 Å². The minimum atomic E-state index is -1.96. The highest BCUT2D eigenvalue weighted by atomic mass is 16.8. The summed E-state index contributed by atoms with van der Waals surface area (Å²) in [5.41, 5.74) is -2.95. The number of unbranched alkanes of at least 4 members (excludes halogenated alkanes) is 7. The number of hydrogen-bond donors (Lipinski definition) is 13. The van der Waals surface area contributed by atoms with Crippen molar-refractivity contribution in [1.29, 1.82) is 0 Å². The van der Waals surface area contributed by atoms with E-state index in [2.05, 4.69) is 46.0 Å². The topological polar surface area (TPSA) is 380 Å². The third-order valence-electron chi connectivity index (χ3n) is 23.3. The summed E-state index contributed by atoms with van der Waals surface area (Å²) in [6.45, 7) is 13.1. The van der Waals surface area contributed by atoms with E-state index in [-0.39, 0.29) is 47.3 Å². The van der Waals surface area contributed by atoms with Gasteiger partial charge in [0.2, 0.25) is 12.2 Å². The van der Waals surface area contributed by atoms with Crippen molar-refractivity contribution in [2.75, 3.05) is 26.4 Å². The van der Waals surface area contributed by atoms with Crippen LogP contribution in [0.4, 0.5) is 0 Å². The van der Waals surface area contributed by atoms with Crippen LogP contribution in [0.25, 0.3) is 0 Å². The van der Waals surface area contributed by atoms with E-state index in [1.165, 1.54) is 6.92 Å².